The molecule has 2 aromatic rings. The maximum Gasteiger partial charge on any atom is 0.418 e. The summed E-state index contributed by atoms with van der Waals surface area (Å²) in [4.78, 5) is 12.7. The van der Waals surface area contributed by atoms with Gasteiger partial charge in [0.05, 0.1) is 16.5 Å². The van der Waals surface area contributed by atoms with E-state index in [2.05, 4.69) is 0 Å². The lowest BCUT2D eigenvalue weighted by molar-refractivity contribution is -0.385. The number of nitro groups is 1. The van der Waals surface area contributed by atoms with Crippen molar-refractivity contribution in [1.82, 2.24) is 0 Å². The lowest BCUT2D eigenvalue weighted by Crippen LogP contribution is -2.25. The van der Waals surface area contributed by atoms with E-state index in [0.717, 1.165) is 23.8 Å². The van der Waals surface area contributed by atoms with Crippen LogP contribution in [0.4, 0.5) is 24.5 Å². The Hall–Kier alpha value is -2.09. The molecule has 1 aliphatic heterocycles. The van der Waals surface area contributed by atoms with Gasteiger partial charge in [-0.1, -0.05) is 6.07 Å². The fourth-order valence-corrected chi connectivity index (χ4v) is 3.82. The number of halogens is 3. The van der Waals surface area contributed by atoms with Crippen molar-refractivity contribution >= 4 is 22.7 Å². The van der Waals surface area contributed by atoms with Gasteiger partial charge in [-0.2, -0.15) is 13.2 Å². The van der Waals surface area contributed by atoms with Crippen LogP contribution in [0.3, 0.4) is 0 Å². The maximum absolute atomic E-state index is 13.4. The predicted octanol–water partition coefficient (Wildman–Crippen LogP) is 5.02. The average molecular weight is 342 g/mol. The minimum atomic E-state index is -4.63. The van der Waals surface area contributed by atoms with Crippen LogP contribution < -0.4 is 4.90 Å². The second-order valence-corrected chi connectivity index (χ2v) is 6.30. The number of hydrogen-bond acceptors (Lipinski definition) is 4. The summed E-state index contributed by atoms with van der Waals surface area (Å²) in [6.45, 7) is 0.503. The number of non-ortho nitro benzene ring substituents is 1. The highest BCUT2D eigenvalue weighted by Gasteiger charge is 2.39. The second-order valence-electron chi connectivity index (χ2n) is 5.32. The lowest BCUT2D eigenvalue weighted by Gasteiger charge is -2.28. The van der Waals surface area contributed by atoms with Crippen molar-refractivity contribution in [1.29, 1.82) is 0 Å². The van der Waals surface area contributed by atoms with Crippen molar-refractivity contribution in [3.8, 4) is 0 Å². The fourth-order valence-electron chi connectivity index (χ4n) is 2.95. The Morgan fingerprint density at radius 1 is 1.30 bits per heavy atom. The standard InChI is InChI=1S/C15H13F3N2O2S/c16-15(17,18)11-9-10(20(21)22)5-6-12(11)19-7-1-3-13(19)14-4-2-8-23-14/h2,4-6,8-9,13H,1,3,7H2. The summed E-state index contributed by atoms with van der Waals surface area (Å²) in [5.41, 5.74) is -1.48. The molecular weight excluding hydrogens is 329 g/mol. The quantitative estimate of drug-likeness (QED) is 0.581. The molecule has 1 aromatic carbocycles. The van der Waals surface area contributed by atoms with Gasteiger partial charge in [0.15, 0.2) is 0 Å². The Morgan fingerprint density at radius 2 is 2.09 bits per heavy atom. The maximum atomic E-state index is 13.4. The largest absolute Gasteiger partial charge is 0.418 e. The van der Waals surface area contributed by atoms with Gasteiger partial charge in [-0.15, -0.1) is 11.3 Å². The van der Waals surface area contributed by atoms with Gasteiger partial charge in [0.1, 0.15) is 0 Å². The number of thiophene rings is 1. The molecule has 0 saturated carbocycles. The van der Waals surface area contributed by atoms with Gasteiger partial charge in [0.25, 0.3) is 5.69 Å². The van der Waals surface area contributed by atoms with Crippen LogP contribution in [0.5, 0.6) is 0 Å². The first-order valence-corrected chi connectivity index (χ1v) is 7.91. The Balaban J connectivity index is 2.06. The Morgan fingerprint density at radius 3 is 2.70 bits per heavy atom. The predicted molar refractivity (Wildman–Crippen MR) is 81.7 cm³/mol. The zero-order valence-electron chi connectivity index (χ0n) is 11.9. The van der Waals surface area contributed by atoms with E-state index >= 15 is 0 Å². The number of nitro benzene ring substituents is 1. The van der Waals surface area contributed by atoms with Crippen LogP contribution in [-0.4, -0.2) is 11.5 Å². The summed E-state index contributed by atoms with van der Waals surface area (Å²) in [5.74, 6) is 0. The third kappa shape index (κ3) is 3.03. The molecule has 0 bridgehead atoms. The highest BCUT2D eigenvalue weighted by molar-refractivity contribution is 7.10. The molecule has 4 nitrogen and oxygen atoms in total. The number of benzene rings is 1. The molecule has 0 spiro atoms. The third-order valence-corrected chi connectivity index (χ3v) is 4.90. The number of hydrogen-bond donors (Lipinski definition) is 0. The van der Waals surface area contributed by atoms with Crippen LogP contribution in [0, 0.1) is 10.1 Å². The minimum Gasteiger partial charge on any atom is -0.363 e. The monoisotopic (exact) mass is 342 g/mol. The third-order valence-electron chi connectivity index (χ3n) is 3.93. The summed E-state index contributed by atoms with van der Waals surface area (Å²) in [6, 6.07) is 6.64. The molecule has 23 heavy (non-hydrogen) atoms. The normalized spacial score (nSPS) is 18.4. The van der Waals surface area contributed by atoms with Gasteiger partial charge in [-0.3, -0.25) is 10.1 Å². The molecule has 1 atom stereocenters. The van der Waals surface area contributed by atoms with Gasteiger partial charge in [0, 0.05) is 29.2 Å². The first-order chi connectivity index (χ1) is 10.9. The lowest BCUT2D eigenvalue weighted by atomic mass is 10.1. The topological polar surface area (TPSA) is 46.4 Å². The average Bonchev–Trinajstić information content (AvgIpc) is 3.16. The Kier molecular flexibility index (Phi) is 4.01. The zero-order chi connectivity index (χ0) is 16.6. The minimum absolute atomic E-state index is 0.0130. The van der Waals surface area contributed by atoms with Crippen molar-refractivity contribution in [3.05, 3.63) is 56.3 Å². The molecule has 8 heteroatoms. The summed E-state index contributed by atoms with van der Waals surface area (Å²) >= 11 is 1.51. The van der Waals surface area contributed by atoms with E-state index in [0.29, 0.717) is 12.6 Å². The Bertz CT molecular complexity index is 716. The number of alkyl halides is 3. The first kappa shape index (κ1) is 15.8. The van der Waals surface area contributed by atoms with Crippen molar-refractivity contribution in [3.63, 3.8) is 0 Å². The second kappa shape index (κ2) is 5.84. The molecule has 0 aliphatic carbocycles. The van der Waals surface area contributed by atoms with Gasteiger partial charge < -0.3 is 4.90 Å². The van der Waals surface area contributed by atoms with E-state index in [4.69, 9.17) is 0 Å². The van der Waals surface area contributed by atoms with Crippen LogP contribution in [0.2, 0.25) is 0 Å². The molecular formula is C15H13F3N2O2S. The number of rotatable bonds is 3. The highest BCUT2D eigenvalue weighted by Crippen LogP contribution is 2.44. The van der Waals surface area contributed by atoms with E-state index in [1.54, 1.807) is 4.90 Å². The molecule has 1 unspecified atom stereocenters. The van der Waals surface area contributed by atoms with E-state index in [-0.39, 0.29) is 11.7 Å². The van der Waals surface area contributed by atoms with E-state index < -0.39 is 22.4 Å². The molecule has 1 fully saturated rings. The molecule has 0 radical (unpaired) electrons. The van der Waals surface area contributed by atoms with Crippen LogP contribution in [0.1, 0.15) is 29.3 Å². The summed E-state index contributed by atoms with van der Waals surface area (Å²) in [7, 11) is 0. The Labute approximate surface area is 134 Å². The van der Waals surface area contributed by atoms with E-state index in [1.807, 2.05) is 17.5 Å². The van der Waals surface area contributed by atoms with Gasteiger partial charge in [0.2, 0.25) is 0 Å². The van der Waals surface area contributed by atoms with Gasteiger partial charge >= 0.3 is 6.18 Å². The number of nitrogens with zero attached hydrogens (tertiary/aromatic N) is 2. The smallest absolute Gasteiger partial charge is 0.363 e. The van der Waals surface area contributed by atoms with Gasteiger partial charge in [-0.25, -0.2) is 0 Å². The van der Waals surface area contributed by atoms with Crippen LogP contribution in [0.25, 0.3) is 0 Å². The zero-order valence-corrected chi connectivity index (χ0v) is 12.7. The van der Waals surface area contributed by atoms with Crippen molar-refractivity contribution in [2.24, 2.45) is 0 Å². The fraction of sp³-hybridized carbons (Fsp3) is 0.333. The summed E-state index contributed by atoms with van der Waals surface area (Å²) in [5, 5.41) is 12.7. The molecule has 3 rings (SSSR count). The van der Waals surface area contributed by atoms with Crippen LogP contribution in [-0.2, 0) is 6.18 Å². The SMILES string of the molecule is O=[N+]([O-])c1ccc(N2CCCC2c2cccs2)c(C(F)(F)F)c1. The molecule has 1 aromatic heterocycles. The summed E-state index contributed by atoms with van der Waals surface area (Å²) < 4.78 is 40.1. The van der Waals surface area contributed by atoms with E-state index in [1.165, 1.54) is 17.4 Å². The molecule has 0 N–H and O–H groups in total. The first-order valence-electron chi connectivity index (χ1n) is 7.03. The number of anilines is 1. The van der Waals surface area contributed by atoms with Crippen molar-refractivity contribution in [2.75, 3.05) is 11.4 Å². The molecule has 2 heterocycles. The highest BCUT2D eigenvalue weighted by atomic mass is 32.1. The van der Waals surface area contributed by atoms with Crippen LogP contribution in [0.15, 0.2) is 35.7 Å². The molecule has 1 saturated heterocycles. The van der Waals surface area contributed by atoms with Gasteiger partial charge in [-0.05, 0) is 30.4 Å². The van der Waals surface area contributed by atoms with Crippen LogP contribution >= 0.6 is 11.3 Å². The molecule has 122 valence electrons. The van der Waals surface area contributed by atoms with E-state index in [9.17, 15) is 23.3 Å². The van der Waals surface area contributed by atoms with Crippen molar-refractivity contribution < 1.29 is 18.1 Å². The summed E-state index contributed by atoms with van der Waals surface area (Å²) in [6.07, 6.45) is -3.07. The van der Waals surface area contributed by atoms with Crippen molar-refractivity contribution in [2.45, 2.75) is 25.1 Å². The molecule has 0 amide bonds. The molecule has 1 aliphatic rings.